The number of rotatable bonds is 3. The van der Waals surface area contributed by atoms with Crippen LogP contribution in [-0.2, 0) is 4.79 Å². The zero-order valence-corrected chi connectivity index (χ0v) is 15.1. The van der Waals surface area contributed by atoms with Gasteiger partial charge in [0.2, 0.25) is 17.8 Å². The second-order valence-corrected chi connectivity index (χ2v) is 6.30. The second kappa shape index (κ2) is 7.03. The quantitative estimate of drug-likeness (QED) is 0.749. The molecule has 2 aromatic carbocycles. The third-order valence-electron chi connectivity index (χ3n) is 4.43. The summed E-state index contributed by atoms with van der Waals surface area (Å²) in [5.74, 6) is 1.40. The van der Waals surface area contributed by atoms with Gasteiger partial charge in [-0.05, 0) is 30.7 Å². The summed E-state index contributed by atoms with van der Waals surface area (Å²) >= 11 is 0. The zero-order valence-electron chi connectivity index (χ0n) is 15.1. The number of fused-ring (bicyclic) bond motifs is 1. The molecule has 0 spiro atoms. The Morgan fingerprint density at radius 1 is 1.15 bits per heavy atom. The van der Waals surface area contributed by atoms with Crippen molar-refractivity contribution in [2.24, 2.45) is 4.99 Å². The molecule has 136 valence electrons. The molecular formula is C20H19N5O2. The summed E-state index contributed by atoms with van der Waals surface area (Å²) in [5, 5.41) is 6.70. The highest BCUT2D eigenvalue weighted by molar-refractivity contribution is 6.05. The number of nitrogens with zero attached hydrogens (tertiary/aromatic N) is 3. The molecule has 1 amide bonds. The molecule has 4 rings (SSSR count). The van der Waals surface area contributed by atoms with Crippen LogP contribution in [0.15, 0.2) is 53.5 Å². The average molecular weight is 361 g/mol. The Hall–Kier alpha value is -3.48. The predicted octanol–water partition coefficient (Wildman–Crippen LogP) is 2.98. The number of carbonyl (C=O) groups is 1. The van der Waals surface area contributed by atoms with Crippen molar-refractivity contribution in [2.75, 3.05) is 12.4 Å². The Balaban J connectivity index is 1.64. The third kappa shape index (κ3) is 3.57. The molecule has 27 heavy (non-hydrogen) atoms. The molecule has 7 nitrogen and oxygen atoms in total. The number of amides is 1. The van der Waals surface area contributed by atoms with Crippen LogP contribution < -0.4 is 15.4 Å². The van der Waals surface area contributed by atoms with Gasteiger partial charge in [-0.15, -0.1) is 0 Å². The minimum absolute atomic E-state index is 0.0939. The Bertz CT molecular complexity index is 1030. The van der Waals surface area contributed by atoms with Crippen molar-refractivity contribution in [1.29, 1.82) is 0 Å². The highest BCUT2D eigenvalue weighted by Crippen LogP contribution is 2.25. The first kappa shape index (κ1) is 17.0. The Labute approximate surface area is 156 Å². The highest BCUT2D eigenvalue weighted by atomic mass is 16.5. The number of aromatic nitrogens is 2. The van der Waals surface area contributed by atoms with Crippen molar-refractivity contribution in [2.45, 2.75) is 19.4 Å². The van der Waals surface area contributed by atoms with Gasteiger partial charge in [-0.1, -0.05) is 30.3 Å². The van der Waals surface area contributed by atoms with E-state index < -0.39 is 0 Å². The highest BCUT2D eigenvalue weighted by Gasteiger charge is 2.23. The number of anilines is 1. The largest absolute Gasteiger partial charge is 0.497 e. The molecule has 0 bridgehead atoms. The van der Waals surface area contributed by atoms with Gasteiger partial charge in [-0.2, -0.15) is 0 Å². The molecule has 1 aliphatic rings. The molecule has 1 aliphatic heterocycles. The van der Waals surface area contributed by atoms with Gasteiger partial charge in [-0.3, -0.25) is 15.4 Å². The van der Waals surface area contributed by atoms with Crippen molar-refractivity contribution >= 4 is 28.7 Å². The Morgan fingerprint density at radius 2 is 1.96 bits per heavy atom. The summed E-state index contributed by atoms with van der Waals surface area (Å²) in [7, 11) is 1.63. The molecule has 0 radical (unpaired) electrons. The molecule has 3 aromatic rings. The van der Waals surface area contributed by atoms with E-state index in [0.717, 1.165) is 27.9 Å². The first-order chi connectivity index (χ1) is 13.1. The summed E-state index contributed by atoms with van der Waals surface area (Å²) in [6.07, 6.45) is 0.312. The maximum atomic E-state index is 12.1. The molecular weight excluding hydrogens is 342 g/mol. The smallest absolute Gasteiger partial charge is 0.230 e. The van der Waals surface area contributed by atoms with Crippen LogP contribution in [0, 0.1) is 6.92 Å². The van der Waals surface area contributed by atoms with Gasteiger partial charge in [0, 0.05) is 5.39 Å². The van der Waals surface area contributed by atoms with Crippen molar-refractivity contribution in [3.8, 4) is 5.75 Å². The fraction of sp³-hybridized carbons (Fsp3) is 0.200. The lowest BCUT2D eigenvalue weighted by Gasteiger charge is -2.21. The minimum Gasteiger partial charge on any atom is -0.497 e. The van der Waals surface area contributed by atoms with E-state index in [2.05, 4.69) is 25.6 Å². The first-order valence-corrected chi connectivity index (χ1v) is 8.64. The molecule has 0 saturated heterocycles. The van der Waals surface area contributed by atoms with Crippen LogP contribution >= 0.6 is 0 Å². The number of guanidine groups is 1. The van der Waals surface area contributed by atoms with Crippen molar-refractivity contribution in [1.82, 2.24) is 15.3 Å². The summed E-state index contributed by atoms with van der Waals surface area (Å²) < 4.78 is 5.26. The average Bonchev–Trinajstić information content (AvgIpc) is 2.68. The summed E-state index contributed by atoms with van der Waals surface area (Å²) in [5.41, 5.74) is 2.59. The molecule has 0 saturated carbocycles. The number of benzene rings is 2. The van der Waals surface area contributed by atoms with Gasteiger partial charge in [0.1, 0.15) is 5.75 Å². The summed E-state index contributed by atoms with van der Waals surface area (Å²) in [4.78, 5) is 25.7. The van der Waals surface area contributed by atoms with Gasteiger partial charge in [0.05, 0.1) is 30.8 Å². The minimum atomic E-state index is -0.228. The van der Waals surface area contributed by atoms with E-state index in [-0.39, 0.29) is 11.9 Å². The number of methoxy groups -OCH3 is 1. The molecule has 0 aliphatic carbocycles. The van der Waals surface area contributed by atoms with E-state index in [0.29, 0.717) is 18.3 Å². The van der Waals surface area contributed by atoms with Crippen LogP contribution in [0.3, 0.4) is 0 Å². The van der Waals surface area contributed by atoms with Crippen LogP contribution in [0.1, 0.15) is 23.7 Å². The molecule has 2 N–H and O–H groups in total. The molecule has 1 aromatic heterocycles. The molecule has 0 unspecified atom stereocenters. The van der Waals surface area contributed by atoms with Gasteiger partial charge in [0.15, 0.2) is 0 Å². The lowest BCUT2D eigenvalue weighted by atomic mass is 10.0. The van der Waals surface area contributed by atoms with Gasteiger partial charge >= 0.3 is 0 Å². The summed E-state index contributed by atoms with van der Waals surface area (Å²) in [6, 6.07) is 15.2. The van der Waals surface area contributed by atoms with Crippen LogP contribution in [0.4, 0.5) is 5.95 Å². The number of nitrogens with one attached hydrogen (secondary N) is 2. The number of ether oxygens (including phenoxy) is 1. The van der Waals surface area contributed by atoms with Gasteiger partial charge in [0.25, 0.3) is 0 Å². The van der Waals surface area contributed by atoms with E-state index in [1.54, 1.807) is 7.11 Å². The first-order valence-electron chi connectivity index (χ1n) is 8.64. The fourth-order valence-electron chi connectivity index (χ4n) is 3.07. The van der Waals surface area contributed by atoms with Gasteiger partial charge < -0.3 is 4.74 Å². The number of hydrogen-bond donors (Lipinski definition) is 2. The topological polar surface area (TPSA) is 88.5 Å². The Morgan fingerprint density at radius 3 is 2.74 bits per heavy atom. The van der Waals surface area contributed by atoms with Crippen LogP contribution in [0.5, 0.6) is 5.75 Å². The van der Waals surface area contributed by atoms with E-state index >= 15 is 0 Å². The predicted molar refractivity (Wildman–Crippen MR) is 104 cm³/mol. The number of aliphatic imine (C=N–C) groups is 1. The molecule has 2 heterocycles. The van der Waals surface area contributed by atoms with E-state index in [1.165, 1.54) is 0 Å². The Kier molecular flexibility index (Phi) is 4.42. The normalized spacial score (nSPS) is 16.6. The number of carbonyl (C=O) groups excluding carboxylic acids is 1. The number of aryl methyl sites for hydroxylation is 1. The van der Waals surface area contributed by atoms with E-state index in [1.807, 2.05) is 55.5 Å². The van der Waals surface area contributed by atoms with Crippen LogP contribution in [0.2, 0.25) is 0 Å². The van der Waals surface area contributed by atoms with Crippen molar-refractivity contribution in [3.05, 3.63) is 59.8 Å². The third-order valence-corrected chi connectivity index (χ3v) is 4.43. The standard InChI is InChI=1S/C20H19N5O2/c1-12-15-10-14(27-2)8-9-16(15)22-19(21-12)25-20-23-17(11-18(26)24-20)13-6-4-3-5-7-13/h3-10,17H,11H2,1-2H3,(H2,21,22,23,24,25,26)/t17-/m1/s1. The molecule has 7 heteroatoms. The monoisotopic (exact) mass is 361 g/mol. The number of hydrogen-bond acceptors (Lipinski definition) is 6. The van der Waals surface area contributed by atoms with E-state index in [9.17, 15) is 4.79 Å². The van der Waals surface area contributed by atoms with Crippen LogP contribution in [-0.4, -0.2) is 28.9 Å². The maximum absolute atomic E-state index is 12.1. The lowest BCUT2D eigenvalue weighted by Crippen LogP contribution is -2.40. The van der Waals surface area contributed by atoms with Crippen molar-refractivity contribution in [3.63, 3.8) is 0 Å². The lowest BCUT2D eigenvalue weighted by molar-refractivity contribution is -0.120. The molecule has 1 atom stereocenters. The van der Waals surface area contributed by atoms with Gasteiger partial charge in [-0.25, -0.2) is 15.0 Å². The zero-order chi connectivity index (χ0) is 18.8. The molecule has 0 fully saturated rings. The summed E-state index contributed by atoms with van der Waals surface area (Å²) in [6.45, 7) is 1.91. The van der Waals surface area contributed by atoms with Crippen LogP contribution in [0.25, 0.3) is 10.9 Å². The van der Waals surface area contributed by atoms with E-state index in [4.69, 9.17) is 4.74 Å². The van der Waals surface area contributed by atoms with Crippen molar-refractivity contribution < 1.29 is 9.53 Å². The SMILES string of the molecule is COc1ccc2nc(NC3=N[C@@H](c4ccccc4)CC(=O)N3)nc(C)c2c1. The fourth-order valence-corrected chi connectivity index (χ4v) is 3.07. The second-order valence-electron chi connectivity index (χ2n) is 6.30. The maximum Gasteiger partial charge on any atom is 0.230 e.